The Labute approximate surface area is 110 Å². The van der Waals surface area contributed by atoms with E-state index in [0.29, 0.717) is 18.8 Å². The molecule has 19 heavy (non-hydrogen) atoms. The Hall–Kier alpha value is -2.15. The molecule has 0 heterocycles. The Kier molecular flexibility index (Phi) is 4.82. The van der Waals surface area contributed by atoms with E-state index in [1.807, 2.05) is 0 Å². The number of rotatable bonds is 7. The third-order valence-corrected chi connectivity index (χ3v) is 2.65. The summed E-state index contributed by atoms with van der Waals surface area (Å²) in [6.07, 6.45) is 0.769. The molecule has 1 rings (SSSR count). The lowest BCUT2D eigenvalue weighted by molar-refractivity contribution is -0.384. The molecule has 0 spiro atoms. The van der Waals surface area contributed by atoms with Gasteiger partial charge in [-0.2, -0.15) is 0 Å². The second-order valence-corrected chi connectivity index (χ2v) is 4.43. The van der Waals surface area contributed by atoms with Gasteiger partial charge in [-0.3, -0.25) is 14.9 Å². The molecule has 1 aromatic carbocycles. The van der Waals surface area contributed by atoms with Gasteiger partial charge in [0.1, 0.15) is 11.3 Å². The average Bonchev–Trinajstić information content (AvgIpc) is 2.35. The molecule has 0 aliphatic carbocycles. The highest BCUT2D eigenvalue weighted by Gasteiger charge is 2.26. The lowest BCUT2D eigenvalue weighted by Crippen LogP contribution is -2.44. The molecule has 7 heteroatoms. The Morgan fingerprint density at radius 2 is 2.05 bits per heavy atom. The van der Waals surface area contributed by atoms with E-state index >= 15 is 0 Å². The van der Waals surface area contributed by atoms with Crippen LogP contribution in [0.2, 0.25) is 0 Å². The predicted molar refractivity (Wildman–Crippen MR) is 68.1 cm³/mol. The highest BCUT2D eigenvalue weighted by molar-refractivity contribution is 5.77. The van der Waals surface area contributed by atoms with Crippen molar-refractivity contribution in [1.29, 1.82) is 0 Å². The van der Waals surface area contributed by atoms with E-state index in [4.69, 9.17) is 15.6 Å². The molecular weight excluding hydrogens is 252 g/mol. The summed E-state index contributed by atoms with van der Waals surface area (Å²) in [6, 6.07) is 5.69. The van der Waals surface area contributed by atoms with E-state index in [2.05, 4.69) is 0 Å². The lowest BCUT2D eigenvalue weighted by Gasteiger charge is -2.18. The molecule has 0 radical (unpaired) electrons. The Morgan fingerprint density at radius 3 is 2.53 bits per heavy atom. The van der Waals surface area contributed by atoms with E-state index in [1.54, 1.807) is 0 Å². The molecule has 1 aromatic rings. The SMILES string of the molecule is CC(N)(CCCOc1ccc([N+](=O)[O-])cc1)C(=O)O. The quantitative estimate of drug-likeness (QED) is 0.440. The first-order valence-electron chi connectivity index (χ1n) is 5.72. The van der Waals surface area contributed by atoms with Crippen LogP contribution in [-0.2, 0) is 4.79 Å². The normalized spacial score (nSPS) is 13.6. The molecule has 1 unspecified atom stereocenters. The van der Waals surface area contributed by atoms with Crippen LogP contribution < -0.4 is 10.5 Å². The van der Waals surface area contributed by atoms with Gasteiger partial charge in [-0.1, -0.05) is 0 Å². The molecule has 3 N–H and O–H groups in total. The molecule has 104 valence electrons. The fourth-order valence-corrected chi connectivity index (χ4v) is 1.40. The first-order chi connectivity index (χ1) is 8.83. The molecule has 0 amide bonds. The predicted octanol–water partition coefficient (Wildman–Crippen LogP) is 1.56. The summed E-state index contributed by atoms with van der Waals surface area (Å²) in [5.41, 5.74) is 4.29. The van der Waals surface area contributed by atoms with Gasteiger partial charge >= 0.3 is 5.97 Å². The zero-order chi connectivity index (χ0) is 14.5. The zero-order valence-electron chi connectivity index (χ0n) is 10.5. The number of carboxylic acid groups (broad SMARTS) is 1. The molecule has 7 nitrogen and oxygen atoms in total. The zero-order valence-corrected chi connectivity index (χ0v) is 10.5. The average molecular weight is 268 g/mol. The number of carboxylic acids is 1. The number of nitro benzene ring substituents is 1. The maximum Gasteiger partial charge on any atom is 0.323 e. The molecule has 0 saturated carbocycles. The number of non-ortho nitro benzene ring substituents is 1. The van der Waals surface area contributed by atoms with Crippen LogP contribution in [0.5, 0.6) is 5.75 Å². The summed E-state index contributed by atoms with van der Waals surface area (Å²) in [7, 11) is 0. The third kappa shape index (κ3) is 4.55. The number of benzene rings is 1. The largest absolute Gasteiger partial charge is 0.494 e. The number of nitrogens with zero attached hydrogens (tertiary/aromatic N) is 1. The van der Waals surface area contributed by atoms with Crippen molar-refractivity contribution < 1.29 is 19.6 Å². The molecule has 0 aliphatic rings. The highest BCUT2D eigenvalue weighted by Crippen LogP contribution is 2.18. The Bertz CT molecular complexity index is 456. The number of nitrogens with two attached hydrogens (primary N) is 1. The number of aliphatic carboxylic acids is 1. The topological polar surface area (TPSA) is 116 Å². The van der Waals surface area contributed by atoms with Crippen molar-refractivity contribution in [1.82, 2.24) is 0 Å². The van der Waals surface area contributed by atoms with Crippen LogP contribution >= 0.6 is 0 Å². The first kappa shape index (κ1) is 14.9. The maximum absolute atomic E-state index is 10.8. The fourth-order valence-electron chi connectivity index (χ4n) is 1.40. The fraction of sp³-hybridized carbons (Fsp3) is 0.417. The molecule has 0 saturated heterocycles. The van der Waals surface area contributed by atoms with E-state index in [9.17, 15) is 14.9 Å². The standard InChI is InChI=1S/C12H16N2O5/c1-12(13,11(15)16)7-2-8-19-10-5-3-9(4-6-10)14(17)18/h3-6H,2,7-8,13H2,1H3,(H,15,16). The number of ether oxygens (including phenoxy) is 1. The second-order valence-electron chi connectivity index (χ2n) is 4.43. The Balaban J connectivity index is 2.38. The van der Waals surface area contributed by atoms with Crippen LogP contribution in [0.25, 0.3) is 0 Å². The van der Waals surface area contributed by atoms with Crippen molar-refractivity contribution >= 4 is 11.7 Å². The van der Waals surface area contributed by atoms with Gasteiger partial charge in [0.15, 0.2) is 0 Å². The van der Waals surface area contributed by atoms with Crippen LogP contribution in [0.3, 0.4) is 0 Å². The van der Waals surface area contributed by atoms with E-state index in [0.717, 1.165) is 0 Å². The molecular formula is C12H16N2O5. The van der Waals surface area contributed by atoms with E-state index in [-0.39, 0.29) is 12.1 Å². The maximum atomic E-state index is 10.8. The van der Waals surface area contributed by atoms with Crippen LogP contribution in [0.15, 0.2) is 24.3 Å². The number of hydrogen-bond acceptors (Lipinski definition) is 5. The lowest BCUT2D eigenvalue weighted by atomic mass is 9.98. The second kappa shape index (κ2) is 6.14. The first-order valence-corrected chi connectivity index (χ1v) is 5.72. The summed E-state index contributed by atoms with van der Waals surface area (Å²) in [6.45, 7) is 1.75. The van der Waals surface area contributed by atoms with Gasteiger partial charge in [-0.15, -0.1) is 0 Å². The van der Waals surface area contributed by atoms with Crippen LogP contribution in [0.4, 0.5) is 5.69 Å². The molecule has 0 fully saturated rings. The van der Waals surface area contributed by atoms with Gasteiger partial charge < -0.3 is 15.6 Å². The summed E-state index contributed by atoms with van der Waals surface area (Å²) in [5, 5.41) is 19.3. The minimum Gasteiger partial charge on any atom is -0.494 e. The van der Waals surface area contributed by atoms with Gasteiger partial charge in [-0.05, 0) is 31.9 Å². The van der Waals surface area contributed by atoms with Crippen molar-refractivity contribution in [2.75, 3.05) is 6.61 Å². The van der Waals surface area contributed by atoms with Crippen LogP contribution in [-0.4, -0.2) is 28.1 Å². The Morgan fingerprint density at radius 1 is 1.47 bits per heavy atom. The molecule has 0 bridgehead atoms. The van der Waals surface area contributed by atoms with Crippen LogP contribution in [0.1, 0.15) is 19.8 Å². The molecule has 1 atom stereocenters. The van der Waals surface area contributed by atoms with Gasteiger partial charge in [0, 0.05) is 12.1 Å². The van der Waals surface area contributed by atoms with Gasteiger partial charge in [0.2, 0.25) is 0 Å². The minimum atomic E-state index is -1.27. The summed E-state index contributed by atoms with van der Waals surface area (Å²) in [4.78, 5) is 20.7. The molecule has 0 aliphatic heterocycles. The van der Waals surface area contributed by atoms with Crippen molar-refractivity contribution in [3.05, 3.63) is 34.4 Å². The summed E-state index contributed by atoms with van der Waals surface area (Å²) in [5.74, 6) is -0.553. The number of nitro groups is 1. The van der Waals surface area contributed by atoms with Crippen molar-refractivity contribution in [2.24, 2.45) is 5.73 Å². The minimum absolute atomic E-state index is 0.00670. The van der Waals surface area contributed by atoms with Gasteiger partial charge in [-0.25, -0.2) is 0 Å². The van der Waals surface area contributed by atoms with Gasteiger partial charge in [0.05, 0.1) is 11.5 Å². The summed E-state index contributed by atoms with van der Waals surface area (Å²) < 4.78 is 5.34. The van der Waals surface area contributed by atoms with Gasteiger partial charge in [0.25, 0.3) is 5.69 Å². The third-order valence-electron chi connectivity index (χ3n) is 2.65. The number of hydrogen-bond donors (Lipinski definition) is 2. The van der Waals surface area contributed by atoms with Crippen molar-refractivity contribution in [2.45, 2.75) is 25.3 Å². The number of carbonyl (C=O) groups is 1. The monoisotopic (exact) mass is 268 g/mol. The van der Waals surface area contributed by atoms with E-state index < -0.39 is 16.4 Å². The van der Waals surface area contributed by atoms with Crippen LogP contribution in [0, 0.1) is 10.1 Å². The molecule has 0 aromatic heterocycles. The van der Waals surface area contributed by atoms with E-state index in [1.165, 1.54) is 31.2 Å². The highest BCUT2D eigenvalue weighted by atomic mass is 16.6. The van der Waals surface area contributed by atoms with Crippen molar-refractivity contribution in [3.8, 4) is 5.75 Å². The summed E-state index contributed by atoms with van der Waals surface area (Å²) >= 11 is 0. The smallest absolute Gasteiger partial charge is 0.323 e. The van der Waals surface area contributed by atoms with Crippen molar-refractivity contribution in [3.63, 3.8) is 0 Å².